The number of benzene rings is 2. The second-order valence-electron chi connectivity index (χ2n) is 4.39. The standard InChI is InChI=1S/C15H12N4O2/c20-11-7-5-10(6-8-11)9-16-19-15-17-13-4-2-1-3-12(13)14(21)18-15/h1-9,20H,(H2,17,18,19,21). The summed E-state index contributed by atoms with van der Waals surface area (Å²) in [6.45, 7) is 0. The van der Waals surface area contributed by atoms with Crippen molar-refractivity contribution in [2.45, 2.75) is 0 Å². The minimum Gasteiger partial charge on any atom is -0.508 e. The van der Waals surface area contributed by atoms with Crippen LogP contribution in [0, 0.1) is 0 Å². The van der Waals surface area contributed by atoms with E-state index >= 15 is 0 Å². The van der Waals surface area contributed by atoms with Gasteiger partial charge in [0.05, 0.1) is 17.1 Å². The van der Waals surface area contributed by atoms with Gasteiger partial charge in [-0.2, -0.15) is 5.10 Å². The number of anilines is 1. The highest BCUT2D eigenvalue weighted by atomic mass is 16.3. The van der Waals surface area contributed by atoms with Crippen molar-refractivity contribution in [2.24, 2.45) is 5.10 Å². The number of hydrogen-bond donors (Lipinski definition) is 3. The quantitative estimate of drug-likeness (QED) is 0.506. The molecular weight excluding hydrogens is 268 g/mol. The summed E-state index contributed by atoms with van der Waals surface area (Å²) in [7, 11) is 0. The van der Waals surface area contributed by atoms with Gasteiger partial charge in [0.2, 0.25) is 5.95 Å². The van der Waals surface area contributed by atoms with Gasteiger partial charge >= 0.3 is 0 Å². The van der Waals surface area contributed by atoms with E-state index in [9.17, 15) is 9.90 Å². The van der Waals surface area contributed by atoms with Crippen LogP contribution in [0.1, 0.15) is 5.56 Å². The van der Waals surface area contributed by atoms with Crippen LogP contribution in [0.4, 0.5) is 5.95 Å². The molecule has 3 N–H and O–H groups in total. The van der Waals surface area contributed by atoms with Crippen LogP contribution in [0.25, 0.3) is 10.9 Å². The molecule has 2 aromatic carbocycles. The first-order valence-corrected chi connectivity index (χ1v) is 6.29. The van der Waals surface area contributed by atoms with Gasteiger partial charge in [0, 0.05) is 0 Å². The largest absolute Gasteiger partial charge is 0.508 e. The van der Waals surface area contributed by atoms with Crippen molar-refractivity contribution in [1.29, 1.82) is 0 Å². The third kappa shape index (κ3) is 2.89. The van der Waals surface area contributed by atoms with Gasteiger partial charge in [-0.3, -0.25) is 9.78 Å². The molecule has 0 atom stereocenters. The summed E-state index contributed by atoms with van der Waals surface area (Å²) >= 11 is 0. The molecule has 0 saturated heterocycles. The molecule has 21 heavy (non-hydrogen) atoms. The summed E-state index contributed by atoms with van der Waals surface area (Å²) in [4.78, 5) is 18.7. The number of para-hydroxylation sites is 1. The lowest BCUT2D eigenvalue weighted by Gasteiger charge is -2.01. The van der Waals surface area contributed by atoms with E-state index in [1.54, 1.807) is 48.7 Å². The molecule has 0 aliphatic carbocycles. The molecule has 0 spiro atoms. The fourth-order valence-corrected chi connectivity index (χ4v) is 1.87. The molecule has 0 amide bonds. The lowest BCUT2D eigenvalue weighted by molar-refractivity contribution is 0.475. The van der Waals surface area contributed by atoms with Gasteiger partial charge in [0.1, 0.15) is 5.75 Å². The Morgan fingerprint density at radius 3 is 2.71 bits per heavy atom. The Morgan fingerprint density at radius 1 is 1.14 bits per heavy atom. The number of nitrogens with one attached hydrogen (secondary N) is 2. The van der Waals surface area contributed by atoms with Gasteiger partial charge in [0.25, 0.3) is 5.56 Å². The molecular formula is C15H12N4O2. The van der Waals surface area contributed by atoms with Gasteiger partial charge < -0.3 is 5.11 Å². The van der Waals surface area contributed by atoms with Crippen molar-refractivity contribution < 1.29 is 5.11 Å². The highest BCUT2D eigenvalue weighted by molar-refractivity contribution is 5.81. The summed E-state index contributed by atoms with van der Waals surface area (Å²) in [5.74, 6) is 0.467. The minimum absolute atomic E-state index is 0.195. The molecule has 0 radical (unpaired) electrons. The molecule has 0 aliphatic heterocycles. The number of phenolic OH excluding ortho intramolecular Hbond substituents is 1. The van der Waals surface area contributed by atoms with Crippen LogP contribution in [0.15, 0.2) is 58.4 Å². The Kier molecular flexibility index (Phi) is 3.34. The van der Waals surface area contributed by atoms with Gasteiger partial charge in [0.15, 0.2) is 0 Å². The number of aromatic amines is 1. The third-order valence-electron chi connectivity index (χ3n) is 2.89. The van der Waals surface area contributed by atoms with Gasteiger partial charge in [-0.25, -0.2) is 10.4 Å². The van der Waals surface area contributed by atoms with Gasteiger partial charge in [-0.15, -0.1) is 0 Å². The van der Waals surface area contributed by atoms with Crippen LogP contribution in [-0.4, -0.2) is 21.3 Å². The zero-order valence-electron chi connectivity index (χ0n) is 10.9. The van der Waals surface area contributed by atoms with E-state index in [0.717, 1.165) is 5.56 Å². The smallest absolute Gasteiger partial charge is 0.260 e. The Hall–Kier alpha value is -3.15. The Labute approximate surface area is 119 Å². The predicted octanol–water partition coefficient (Wildman–Crippen LogP) is 2.07. The summed E-state index contributed by atoms with van der Waals surface area (Å²) < 4.78 is 0. The second kappa shape index (κ2) is 5.46. The zero-order valence-corrected chi connectivity index (χ0v) is 10.9. The number of nitrogens with zero attached hydrogens (tertiary/aromatic N) is 2. The van der Waals surface area contributed by atoms with Crippen molar-refractivity contribution in [1.82, 2.24) is 9.97 Å². The topological polar surface area (TPSA) is 90.4 Å². The summed E-state index contributed by atoms with van der Waals surface area (Å²) in [5, 5.41) is 13.7. The van der Waals surface area contributed by atoms with E-state index in [-0.39, 0.29) is 17.3 Å². The van der Waals surface area contributed by atoms with Crippen LogP contribution in [0.5, 0.6) is 5.75 Å². The molecule has 0 fully saturated rings. The number of fused-ring (bicyclic) bond motifs is 1. The number of rotatable bonds is 3. The monoisotopic (exact) mass is 280 g/mol. The predicted molar refractivity (Wildman–Crippen MR) is 81.7 cm³/mol. The molecule has 3 aromatic rings. The first kappa shape index (κ1) is 12.9. The van der Waals surface area contributed by atoms with E-state index in [4.69, 9.17) is 0 Å². The lowest BCUT2D eigenvalue weighted by atomic mass is 10.2. The lowest BCUT2D eigenvalue weighted by Crippen LogP contribution is -2.10. The first-order chi connectivity index (χ1) is 10.2. The Morgan fingerprint density at radius 2 is 1.90 bits per heavy atom. The molecule has 1 heterocycles. The summed E-state index contributed by atoms with van der Waals surface area (Å²) in [6, 6.07) is 13.7. The average molecular weight is 280 g/mol. The molecule has 1 aromatic heterocycles. The van der Waals surface area contributed by atoms with Gasteiger partial charge in [-0.1, -0.05) is 12.1 Å². The molecule has 6 nitrogen and oxygen atoms in total. The van der Waals surface area contributed by atoms with Gasteiger partial charge in [-0.05, 0) is 42.0 Å². The SMILES string of the molecule is O=c1[nH]c(NN=Cc2ccc(O)cc2)nc2ccccc12. The summed E-state index contributed by atoms with van der Waals surface area (Å²) in [5.41, 5.74) is 3.87. The fourth-order valence-electron chi connectivity index (χ4n) is 1.87. The van der Waals surface area contributed by atoms with Crippen LogP contribution in [0.3, 0.4) is 0 Å². The van der Waals surface area contributed by atoms with Crippen LogP contribution >= 0.6 is 0 Å². The maximum absolute atomic E-state index is 11.9. The van der Waals surface area contributed by atoms with Crippen molar-refractivity contribution >= 4 is 23.1 Å². The van der Waals surface area contributed by atoms with Crippen LogP contribution < -0.4 is 11.0 Å². The van der Waals surface area contributed by atoms with E-state index in [2.05, 4.69) is 20.5 Å². The van der Waals surface area contributed by atoms with Crippen molar-refractivity contribution in [2.75, 3.05) is 5.43 Å². The molecule has 0 aliphatic rings. The number of H-pyrrole nitrogens is 1. The number of hydrogen-bond acceptors (Lipinski definition) is 5. The highest BCUT2D eigenvalue weighted by Gasteiger charge is 2.01. The molecule has 0 saturated carbocycles. The number of aromatic nitrogens is 2. The van der Waals surface area contributed by atoms with Crippen LogP contribution in [0.2, 0.25) is 0 Å². The third-order valence-corrected chi connectivity index (χ3v) is 2.89. The highest BCUT2D eigenvalue weighted by Crippen LogP contribution is 2.09. The van der Waals surface area contributed by atoms with E-state index in [0.29, 0.717) is 10.9 Å². The molecule has 0 bridgehead atoms. The first-order valence-electron chi connectivity index (χ1n) is 6.29. The normalized spacial score (nSPS) is 11.0. The maximum Gasteiger partial charge on any atom is 0.260 e. The Balaban J connectivity index is 1.82. The number of hydrazone groups is 1. The average Bonchev–Trinajstić information content (AvgIpc) is 2.49. The fraction of sp³-hybridized carbons (Fsp3) is 0. The summed E-state index contributed by atoms with van der Waals surface area (Å²) in [6.07, 6.45) is 1.56. The number of aromatic hydroxyl groups is 1. The van der Waals surface area contributed by atoms with Crippen molar-refractivity contribution in [3.63, 3.8) is 0 Å². The van der Waals surface area contributed by atoms with E-state index in [1.807, 2.05) is 6.07 Å². The zero-order chi connectivity index (χ0) is 14.7. The van der Waals surface area contributed by atoms with Crippen molar-refractivity contribution in [3.05, 3.63) is 64.4 Å². The number of phenols is 1. The van der Waals surface area contributed by atoms with Crippen LogP contribution in [-0.2, 0) is 0 Å². The minimum atomic E-state index is -0.220. The molecule has 104 valence electrons. The van der Waals surface area contributed by atoms with E-state index in [1.165, 1.54) is 0 Å². The molecule has 6 heteroatoms. The molecule has 3 rings (SSSR count). The Bertz CT molecular complexity index is 853. The maximum atomic E-state index is 11.9. The van der Waals surface area contributed by atoms with Crippen molar-refractivity contribution in [3.8, 4) is 5.75 Å². The molecule has 0 unspecified atom stereocenters. The second-order valence-corrected chi connectivity index (χ2v) is 4.39. The van der Waals surface area contributed by atoms with E-state index < -0.39 is 0 Å².